The third kappa shape index (κ3) is 4.70. The monoisotopic (exact) mass is 264 g/mol. The summed E-state index contributed by atoms with van der Waals surface area (Å²) in [4.78, 5) is 10.3. The molecule has 1 aromatic rings. The molecular formula is C10H10Cl2O4. The summed E-state index contributed by atoms with van der Waals surface area (Å²) >= 11 is 11.5. The second-order valence-corrected chi connectivity index (χ2v) is 4.04. The lowest BCUT2D eigenvalue weighted by Crippen LogP contribution is -2.21. The Balaban J connectivity index is 2.51. The highest BCUT2D eigenvalue weighted by atomic mass is 35.5. The molecule has 1 unspecified atom stereocenters. The SMILES string of the molecule is O=C(O)CC(O)COc1cc(Cl)cc(Cl)c1. The van der Waals surface area contributed by atoms with Gasteiger partial charge in [-0.2, -0.15) is 0 Å². The van der Waals surface area contributed by atoms with Crippen molar-refractivity contribution >= 4 is 29.2 Å². The predicted octanol–water partition coefficient (Wildman–Crippen LogP) is 2.21. The summed E-state index contributed by atoms with van der Waals surface area (Å²) in [6.45, 7) is -0.122. The van der Waals surface area contributed by atoms with E-state index in [1.165, 1.54) is 12.1 Å². The molecule has 0 saturated carbocycles. The smallest absolute Gasteiger partial charge is 0.306 e. The van der Waals surface area contributed by atoms with E-state index >= 15 is 0 Å². The van der Waals surface area contributed by atoms with Gasteiger partial charge in [0.1, 0.15) is 12.4 Å². The highest BCUT2D eigenvalue weighted by Crippen LogP contribution is 2.24. The summed E-state index contributed by atoms with van der Waals surface area (Å²) in [5.41, 5.74) is 0. The number of aliphatic hydroxyl groups excluding tert-OH is 1. The highest BCUT2D eigenvalue weighted by Gasteiger charge is 2.10. The van der Waals surface area contributed by atoms with Crippen molar-refractivity contribution in [2.45, 2.75) is 12.5 Å². The number of rotatable bonds is 5. The highest BCUT2D eigenvalue weighted by molar-refractivity contribution is 6.34. The van der Waals surface area contributed by atoms with Crippen LogP contribution in [0.3, 0.4) is 0 Å². The summed E-state index contributed by atoms with van der Waals surface area (Å²) in [5, 5.41) is 18.5. The minimum absolute atomic E-state index is 0.122. The Morgan fingerprint density at radius 1 is 1.31 bits per heavy atom. The molecule has 2 N–H and O–H groups in total. The molecule has 0 radical (unpaired) electrons. The number of aliphatic hydroxyl groups is 1. The molecule has 0 bridgehead atoms. The van der Waals surface area contributed by atoms with Gasteiger partial charge in [0.15, 0.2) is 0 Å². The molecule has 0 spiro atoms. The molecule has 0 aromatic heterocycles. The summed E-state index contributed by atoms with van der Waals surface area (Å²) in [5.74, 6) is -0.692. The fourth-order valence-electron chi connectivity index (χ4n) is 1.06. The Morgan fingerprint density at radius 2 is 1.88 bits per heavy atom. The molecule has 0 amide bonds. The zero-order valence-corrected chi connectivity index (χ0v) is 9.70. The van der Waals surface area contributed by atoms with Crippen LogP contribution >= 0.6 is 23.2 Å². The topological polar surface area (TPSA) is 66.8 Å². The van der Waals surface area contributed by atoms with E-state index in [1.807, 2.05) is 0 Å². The van der Waals surface area contributed by atoms with Gasteiger partial charge in [-0.25, -0.2) is 0 Å². The van der Waals surface area contributed by atoms with Crippen molar-refractivity contribution in [3.05, 3.63) is 28.2 Å². The number of carboxylic acid groups (broad SMARTS) is 1. The Kier molecular flexibility index (Phi) is 4.86. The number of halogens is 2. The van der Waals surface area contributed by atoms with E-state index in [0.29, 0.717) is 15.8 Å². The molecule has 0 aliphatic carbocycles. The molecule has 0 aliphatic rings. The van der Waals surface area contributed by atoms with Crippen LogP contribution in [0, 0.1) is 0 Å². The summed E-state index contributed by atoms with van der Waals surface area (Å²) in [6.07, 6.45) is -1.43. The van der Waals surface area contributed by atoms with Gasteiger partial charge in [0.2, 0.25) is 0 Å². The van der Waals surface area contributed by atoms with Gasteiger partial charge in [-0.1, -0.05) is 23.2 Å². The second-order valence-electron chi connectivity index (χ2n) is 3.17. The number of carboxylic acids is 1. The maximum absolute atomic E-state index is 10.3. The summed E-state index contributed by atoms with van der Waals surface area (Å²) in [6, 6.07) is 4.60. The van der Waals surface area contributed by atoms with Crippen LogP contribution in [0.25, 0.3) is 0 Å². The number of ether oxygens (including phenoxy) is 1. The molecule has 4 nitrogen and oxygen atoms in total. The Morgan fingerprint density at radius 3 is 2.38 bits per heavy atom. The van der Waals surface area contributed by atoms with E-state index in [1.54, 1.807) is 6.07 Å². The van der Waals surface area contributed by atoms with Gasteiger partial charge < -0.3 is 14.9 Å². The lowest BCUT2D eigenvalue weighted by atomic mass is 10.3. The first-order valence-electron chi connectivity index (χ1n) is 4.46. The first kappa shape index (κ1) is 13.1. The first-order chi connectivity index (χ1) is 7.47. The van der Waals surface area contributed by atoms with Crippen LogP contribution in [0.2, 0.25) is 10.0 Å². The summed E-state index contributed by atoms with van der Waals surface area (Å²) in [7, 11) is 0. The maximum Gasteiger partial charge on any atom is 0.306 e. The molecule has 1 aromatic carbocycles. The number of hydrogen-bond acceptors (Lipinski definition) is 3. The van der Waals surface area contributed by atoms with Crippen LogP contribution in [-0.4, -0.2) is 28.9 Å². The molecule has 16 heavy (non-hydrogen) atoms. The molecule has 6 heteroatoms. The van der Waals surface area contributed by atoms with Gasteiger partial charge in [-0.05, 0) is 18.2 Å². The van der Waals surface area contributed by atoms with Gasteiger partial charge in [-0.3, -0.25) is 4.79 Å². The molecule has 88 valence electrons. The molecule has 0 fully saturated rings. The molecule has 1 atom stereocenters. The van der Waals surface area contributed by atoms with Crippen LogP contribution in [0.15, 0.2) is 18.2 Å². The van der Waals surface area contributed by atoms with E-state index in [9.17, 15) is 9.90 Å². The van der Waals surface area contributed by atoms with Crippen LogP contribution in [0.1, 0.15) is 6.42 Å². The molecule has 0 aliphatic heterocycles. The van der Waals surface area contributed by atoms with E-state index in [2.05, 4.69) is 0 Å². The zero-order chi connectivity index (χ0) is 12.1. The average molecular weight is 265 g/mol. The third-order valence-corrected chi connectivity index (χ3v) is 2.13. The van der Waals surface area contributed by atoms with Crippen molar-refractivity contribution in [2.75, 3.05) is 6.61 Å². The van der Waals surface area contributed by atoms with Gasteiger partial charge in [0.25, 0.3) is 0 Å². The quantitative estimate of drug-likeness (QED) is 0.856. The number of aliphatic carboxylic acids is 1. The standard InChI is InChI=1S/C10H10Cl2O4/c11-6-1-7(12)3-9(2-6)16-5-8(13)4-10(14)15/h1-3,8,13H,4-5H2,(H,14,15). The van der Waals surface area contributed by atoms with Crippen molar-refractivity contribution in [1.29, 1.82) is 0 Å². The van der Waals surface area contributed by atoms with Crippen molar-refractivity contribution < 1.29 is 19.7 Å². The van der Waals surface area contributed by atoms with Gasteiger partial charge in [0.05, 0.1) is 12.5 Å². The Bertz CT molecular complexity index is 361. The van der Waals surface area contributed by atoms with Crippen LogP contribution in [0.4, 0.5) is 0 Å². The number of benzene rings is 1. The maximum atomic E-state index is 10.3. The average Bonchev–Trinajstić information content (AvgIpc) is 2.12. The summed E-state index contributed by atoms with van der Waals surface area (Å²) < 4.78 is 5.15. The number of carbonyl (C=O) groups is 1. The van der Waals surface area contributed by atoms with Gasteiger partial charge in [0, 0.05) is 10.0 Å². The van der Waals surface area contributed by atoms with E-state index in [-0.39, 0.29) is 13.0 Å². The Labute approximate surface area is 102 Å². The van der Waals surface area contributed by atoms with E-state index in [4.69, 9.17) is 33.0 Å². The van der Waals surface area contributed by atoms with E-state index in [0.717, 1.165) is 0 Å². The largest absolute Gasteiger partial charge is 0.491 e. The Hall–Kier alpha value is -0.970. The lowest BCUT2D eigenvalue weighted by molar-refractivity contribution is -0.139. The van der Waals surface area contributed by atoms with Crippen molar-refractivity contribution in [3.63, 3.8) is 0 Å². The molecular weight excluding hydrogens is 255 g/mol. The normalized spacial score (nSPS) is 12.2. The molecule has 0 heterocycles. The lowest BCUT2D eigenvalue weighted by Gasteiger charge is -2.10. The van der Waals surface area contributed by atoms with Crippen molar-refractivity contribution in [3.8, 4) is 5.75 Å². The molecule has 1 rings (SSSR count). The zero-order valence-electron chi connectivity index (χ0n) is 8.19. The first-order valence-corrected chi connectivity index (χ1v) is 5.21. The van der Waals surface area contributed by atoms with Crippen LogP contribution in [0.5, 0.6) is 5.75 Å². The fourth-order valence-corrected chi connectivity index (χ4v) is 1.57. The minimum Gasteiger partial charge on any atom is -0.491 e. The molecule has 0 saturated heterocycles. The van der Waals surface area contributed by atoms with Crippen molar-refractivity contribution in [1.82, 2.24) is 0 Å². The van der Waals surface area contributed by atoms with Crippen LogP contribution < -0.4 is 4.74 Å². The van der Waals surface area contributed by atoms with Gasteiger partial charge >= 0.3 is 5.97 Å². The third-order valence-electron chi connectivity index (χ3n) is 1.69. The fraction of sp³-hybridized carbons (Fsp3) is 0.300. The van der Waals surface area contributed by atoms with Crippen molar-refractivity contribution in [2.24, 2.45) is 0 Å². The van der Waals surface area contributed by atoms with Gasteiger partial charge in [-0.15, -0.1) is 0 Å². The van der Waals surface area contributed by atoms with Crippen LogP contribution in [-0.2, 0) is 4.79 Å². The predicted molar refractivity (Wildman–Crippen MR) is 60.2 cm³/mol. The minimum atomic E-state index is -1.08. The number of hydrogen-bond donors (Lipinski definition) is 2. The van der Waals surface area contributed by atoms with E-state index < -0.39 is 12.1 Å². The second kappa shape index (κ2) is 5.94.